The summed E-state index contributed by atoms with van der Waals surface area (Å²) >= 11 is 0. The van der Waals surface area contributed by atoms with Crippen LogP contribution in [0.3, 0.4) is 0 Å². The molecule has 1 aliphatic rings. The van der Waals surface area contributed by atoms with Crippen molar-refractivity contribution in [2.24, 2.45) is 0 Å². The van der Waals surface area contributed by atoms with E-state index in [1.54, 1.807) is 0 Å². The van der Waals surface area contributed by atoms with Gasteiger partial charge in [-0.05, 0) is 51.6 Å². The van der Waals surface area contributed by atoms with Crippen LogP contribution in [-0.4, -0.2) is 18.3 Å². The molecule has 27 heavy (non-hydrogen) atoms. The van der Waals surface area contributed by atoms with Gasteiger partial charge >= 0.3 is 7.12 Å². The number of hydrogen-bond acceptors (Lipinski definition) is 2. The molecule has 1 aliphatic heterocycles. The first-order valence-electron chi connectivity index (χ1n) is 9.41. The van der Waals surface area contributed by atoms with Crippen LogP contribution in [0.1, 0.15) is 20.8 Å². The summed E-state index contributed by atoms with van der Waals surface area (Å²) in [5, 5.41) is 7.50. The van der Waals surface area contributed by atoms with Crippen molar-refractivity contribution in [1.29, 1.82) is 0 Å². The van der Waals surface area contributed by atoms with Gasteiger partial charge in [0.05, 0.1) is 6.92 Å². The van der Waals surface area contributed by atoms with Crippen LogP contribution in [0.5, 0.6) is 0 Å². The molecule has 0 bridgehead atoms. The maximum atomic E-state index is 6.20. The zero-order valence-electron chi connectivity index (χ0n) is 16.0. The lowest BCUT2D eigenvalue weighted by molar-refractivity contribution is 0.0262. The second-order valence-electron chi connectivity index (χ2n) is 8.24. The van der Waals surface area contributed by atoms with E-state index in [4.69, 9.17) is 9.31 Å². The van der Waals surface area contributed by atoms with Crippen LogP contribution in [0.15, 0.2) is 66.7 Å². The highest BCUT2D eigenvalue weighted by Crippen LogP contribution is 2.37. The number of hydrogen-bond donors (Lipinski definition) is 0. The topological polar surface area (TPSA) is 18.5 Å². The Labute approximate surface area is 160 Å². The lowest BCUT2D eigenvalue weighted by Crippen LogP contribution is -2.42. The zero-order chi connectivity index (χ0) is 18.8. The Kier molecular flexibility index (Phi) is 3.40. The summed E-state index contributed by atoms with van der Waals surface area (Å²) in [5.41, 5.74) is 0.00648. The van der Waals surface area contributed by atoms with E-state index in [1.165, 1.54) is 32.3 Å². The first kappa shape index (κ1) is 16.7. The number of fused-ring (bicyclic) bond motifs is 5. The van der Waals surface area contributed by atoms with E-state index in [-0.39, 0.29) is 0 Å². The first-order chi connectivity index (χ1) is 12.9. The normalized spacial score (nSPS) is 22.1. The van der Waals surface area contributed by atoms with Crippen LogP contribution in [0.4, 0.5) is 0 Å². The molecule has 0 N–H and O–H groups in total. The predicted molar refractivity (Wildman–Crippen MR) is 114 cm³/mol. The summed E-state index contributed by atoms with van der Waals surface area (Å²) in [4.78, 5) is 0. The summed E-state index contributed by atoms with van der Waals surface area (Å²) in [5.74, 6) is 0. The van der Waals surface area contributed by atoms with Gasteiger partial charge in [-0.2, -0.15) is 0 Å². The molecule has 1 unspecified atom stereocenters. The van der Waals surface area contributed by atoms with Gasteiger partial charge in [0.15, 0.2) is 0 Å². The molecular weight excluding hydrogens is 331 g/mol. The quantitative estimate of drug-likeness (QED) is 0.264. The Morgan fingerprint density at radius 3 is 2.04 bits per heavy atom. The minimum Gasteiger partial charge on any atom is -0.395 e. The number of benzene rings is 4. The standard InChI is InChI=1S/C24H22BO2/c1-23(2)24(3,4)27-25(26-23)18-12-9-17-11-13-20-19-8-6-5-7-16(19)10-14-21(20)22(17)15-18/h5-15H,1H2,2-4H3/q+1. The van der Waals surface area contributed by atoms with E-state index in [0.29, 0.717) is 0 Å². The van der Waals surface area contributed by atoms with Crippen LogP contribution in [-0.2, 0) is 9.31 Å². The Bertz CT molecular complexity index is 1180. The molecule has 3 heteroatoms. The summed E-state index contributed by atoms with van der Waals surface area (Å²) in [6.45, 7) is 10.2. The molecule has 1 saturated heterocycles. The minimum atomic E-state index is -0.582. The fourth-order valence-corrected chi connectivity index (χ4v) is 3.91. The number of rotatable bonds is 1. The van der Waals surface area contributed by atoms with Gasteiger partial charge in [-0.1, -0.05) is 66.7 Å². The first-order valence-corrected chi connectivity index (χ1v) is 9.41. The molecular formula is C24H22BO2+. The molecule has 4 aromatic rings. The molecule has 0 spiro atoms. The lowest BCUT2D eigenvalue weighted by atomic mass is 9.78. The van der Waals surface area contributed by atoms with Crippen LogP contribution < -0.4 is 5.46 Å². The maximum absolute atomic E-state index is 6.20. The van der Waals surface area contributed by atoms with E-state index < -0.39 is 18.3 Å². The van der Waals surface area contributed by atoms with Gasteiger partial charge in [-0.25, -0.2) is 0 Å². The van der Waals surface area contributed by atoms with Gasteiger partial charge in [-0.15, -0.1) is 0 Å². The van der Waals surface area contributed by atoms with Crippen LogP contribution in [0, 0.1) is 6.92 Å². The molecule has 0 saturated carbocycles. The molecule has 5 rings (SSSR count). The smallest absolute Gasteiger partial charge is 0.395 e. The molecule has 1 heterocycles. The minimum absolute atomic E-state index is 0.400. The van der Waals surface area contributed by atoms with E-state index in [0.717, 1.165) is 5.46 Å². The fraction of sp³-hybridized carbons (Fsp3) is 0.208. The van der Waals surface area contributed by atoms with Crippen molar-refractivity contribution in [3.63, 3.8) is 0 Å². The predicted octanol–water partition coefficient (Wildman–Crippen LogP) is 5.26. The van der Waals surface area contributed by atoms with Gasteiger partial charge in [0.2, 0.25) is 5.60 Å². The van der Waals surface area contributed by atoms with Crippen molar-refractivity contribution < 1.29 is 9.31 Å². The monoisotopic (exact) mass is 353 g/mol. The third kappa shape index (κ3) is 2.46. The third-order valence-electron chi connectivity index (χ3n) is 6.08. The second-order valence-corrected chi connectivity index (χ2v) is 8.24. The average Bonchev–Trinajstić information content (AvgIpc) is 2.88. The highest BCUT2D eigenvalue weighted by atomic mass is 16.7. The second kappa shape index (κ2) is 5.51. The van der Waals surface area contributed by atoms with Crippen molar-refractivity contribution in [3.05, 3.63) is 73.7 Å². The average molecular weight is 353 g/mol. The molecule has 0 amide bonds. The molecule has 2 nitrogen and oxygen atoms in total. The van der Waals surface area contributed by atoms with Crippen molar-refractivity contribution in [2.75, 3.05) is 0 Å². The highest BCUT2D eigenvalue weighted by Gasteiger charge is 2.57. The Morgan fingerprint density at radius 1 is 0.704 bits per heavy atom. The molecule has 1 fully saturated rings. The maximum Gasteiger partial charge on any atom is 0.498 e. The van der Waals surface area contributed by atoms with Crippen molar-refractivity contribution in [2.45, 2.75) is 32.0 Å². The highest BCUT2D eigenvalue weighted by molar-refractivity contribution is 6.62. The van der Waals surface area contributed by atoms with E-state index in [1.807, 2.05) is 20.8 Å². The lowest BCUT2D eigenvalue weighted by Gasteiger charge is -2.25. The van der Waals surface area contributed by atoms with Crippen LogP contribution >= 0.6 is 0 Å². The molecule has 4 aromatic carbocycles. The Morgan fingerprint density at radius 2 is 1.33 bits per heavy atom. The van der Waals surface area contributed by atoms with Gasteiger partial charge < -0.3 is 9.31 Å². The van der Waals surface area contributed by atoms with Crippen LogP contribution in [0.25, 0.3) is 32.3 Å². The van der Waals surface area contributed by atoms with Gasteiger partial charge in [0, 0.05) is 6.92 Å². The molecule has 0 radical (unpaired) electrons. The SMILES string of the molecule is [CH2+]C1(C)OB(c2ccc3ccc4c5ccccc5ccc4c3c2)OC1(C)C. The van der Waals surface area contributed by atoms with E-state index in [9.17, 15) is 0 Å². The molecule has 0 aliphatic carbocycles. The largest absolute Gasteiger partial charge is 0.498 e. The molecule has 1 atom stereocenters. The van der Waals surface area contributed by atoms with Crippen LogP contribution in [0.2, 0.25) is 0 Å². The Hall–Kier alpha value is -2.49. The zero-order valence-corrected chi connectivity index (χ0v) is 16.0. The summed E-state index contributed by atoms with van der Waals surface area (Å²) < 4.78 is 12.3. The van der Waals surface area contributed by atoms with E-state index >= 15 is 0 Å². The van der Waals surface area contributed by atoms with Crippen molar-refractivity contribution >= 4 is 44.9 Å². The summed E-state index contributed by atoms with van der Waals surface area (Å²) in [7, 11) is -0.400. The van der Waals surface area contributed by atoms with Crippen molar-refractivity contribution in [1.82, 2.24) is 0 Å². The van der Waals surface area contributed by atoms with Gasteiger partial charge in [0.1, 0.15) is 5.60 Å². The third-order valence-corrected chi connectivity index (χ3v) is 6.08. The summed E-state index contributed by atoms with van der Waals surface area (Å²) in [6.07, 6.45) is 0. The van der Waals surface area contributed by atoms with Gasteiger partial charge in [-0.3, -0.25) is 0 Å². The Balaban J connectivity index is 1.71. The van der Waals surface area contributed by atoms with Crippen molar-refractivity contribution in [3.8, 4) is 0 Å². The van der Waals surface area contributed by atoms with E-state index in [2.05, 4.69) is 73.7 Å². The molecule has 0 aromatic heterocycles. The fourth-order valence-electron chi connectivity index (χ4n) is 3.91. The summed E-state index contributed by atoms with van der Waals surface area (Å²) in [6, 6.07) is 23.8. The van der Waals surface area contributed by atoms with Gasteiger partial charge in [0.25, 0.3) is 0 Å². The molecule has 132 valence electrons.